The lowest BCUT2D eigenvalue weighted by Gasteiger charge is -2.11. The largest absolute Gasteiger partial charge is 0.491 e. The Bertz CT molecular complexity index is 431. The average Bonchev–Trinajstić information content (AvgIpc) is 2.92. The maximum atomic E-state index is 11.9. The van der Waals surface area contributed by atoms with Crippen molar-refractivity contribution in [3.63, 3.8) is 0 Å². The molecule has 0 radical (unpaired) electrons. The minimum atomic E-state index is 0.0627. The highest BCUT2D eigenvalue weighted by Crippen LogP contribution is 2.19. The van der Waals surface area contributed by atoms with Crippen molar-refractivity contribution >= 4 is 11.6 Å². The first-order chi connectivity index (χ1) is 9.78. The monoisotopic (exact) mass is 278 g/mol. The molecule has 1 atom stereocenters. The molecule has 2 N–H and O–H groups in total. The second kappa shape index (κ2) is 7.87. The Hall–Kier alpha value is -1.59. The van der Waals surface area contributed by atoms with Crippen molar-refractivity contribution in [2.24, 2.45) is 5.92 Å². The summed E-state index contributed by atoms with van der Waals surface area (Å²) in [6.45, 7) is 3.00. The van der Waals surface area contributed by atoms with Crippen molar-refractivity contribution in [2.45, 2.75) is 12.8 Å². The number of nitrogens with one attached hydrogen (secondary N) is 2. The number of methoxy groups -OCH3 is 1. The van der Waals surface area contributed by atoms with E-state index in [0.29, 0.717) is 25.6 Å². The Morgan fingerprint density at radius 1 is 1.45 bits per heavy atom. The summed E-state index contributed by atoms with van der Waals surface area (Å²) in [7, 11) is 1.64. The topological polar surface area (TPSA) is 59.6 Å². The van der Waals surface area contributed by atoms with Crippen LogP contribution in [-0.2, 0) is 9.53 Å². The van der Waals surface area contributed by atoms with E-state index < -0.39 is 0 Å². The molecule has 0 aliphatic carbocycles. The molecule has 1 fully saturated rings. The average molecular weight is 278 g/mol. The molecule has 1 saturated heterocycles. The summed E-state index contributed by atoms with van der Waals surface area (Å²) in [6, 6.07) is 7.44. The quantitative estimate of drug-likeness (QED) is 0.745. The van der Waals surface area contributed by atoms with Crippen LogP contribution < -0.4 is 15.4 Å². The van der Waals surface area contributed by atoms with Gasteiger partial charge in [0.25, 0.3) is 0 Å². The molecule has 0 saturated carbocycles. The van der Waals surface area contributed by atoms with Crippen molar-refractivity contribution in [2.75, 3.05) is 38.7 Å². The van der Waals surface area contributed by atoms with Gasteiger partial charge in [0.2, 0.25) is 5.91 Å². The van der Waals surface area contributed by atoms with Gasteiger partial charge in [0, 0.05) is 25.3 Å². The second-order valence-electron chi connectivity index (χ2n) is 4.98. The lowest BCUT2D eigenvalue weighted by atomic mass is 10.0. The van der Waals surface area contributed by atoms with Crippen molar-refractivity contribution in [1.82, 2.24) is 5.32 Å². The van der Waals surface area contributed by atoms with Gasteiger partial charge in [-0.15, -0.1) is 0 Å². The van der Waals surface area contributed by atoms with Crippen LogP contribution in [0, 0.1) is 5.92 Å². The first kappa shape index (κ1) is 14.8. The summed E-state index contributed by atoms with van der Waals surface area (Å²) < 4.78 is 10.4. The zero-order valence-corrected chi connectivity index (χ0v) is 11.9. The minimum absolute atomic E-state index is 0.0627. The van der Waals surface area contributed by atoms with Gasteiger partial charge in [0.15, 0.2) is 0 Å². The molecule has 1 aromatic carbocycles. The molecule has 110 valence electrons. The van der Waals surface area contributed by atoms with E-state index in [1.165, 1.54) is 0 Å². The van der Waals surface area contributed by atoms with E-state index >= 15 is 0 Å². The first-order valence-electron chi connectivity index (χ1n) is 7.00. The van der Waals surface area contributed by atoms with Crippen LogP contribution in [0.1, 0.15) is 12.8 Å². The molecule has 0 spiro atoms. The number of amides is 1. The Labute approximate surface area is 119 Å². The number of anilines is 1. The summed E-state index contributed by atoms with van der Waals surface area (Å²) >= 11 is 0. The first-order valence-corrected chi connectivity index (χ1v) is 7.00. The Morgan fingerprint density at radius 2 is 2.35 bits per heavy atom. The fraction of sp³-hybridized carbons (Fsp3) is 0.533. The van der Waals surface area contributed by atoms with Crippen LogP contribution >= 0.6 is 0 Å². The van der Waals surface area contributed by atoms with E-state index in [4.69, 9.17) is 9.47 Å². The van der Waals surface area contributed by atoms with E-state index in [-0.39, 0.29) is 5.91 Å². The highest BCUT2D eigenvalue weighted by molar-refractivity contribution is 5.91. The van der Waals surface area contributed by atoms with Gasteiger partial charge in [-0.1, -0.05) is 6.07 Å². The zero-order valence-electron chi connectivity index (χ0n) is 11.9. The highest BCUT2D eigenvalue weighted by atomic mass is 16.5. The van der Waals surface area contributed by atoms with E-state index in [2.05, 4.69) is 10.6 Å². The molecule has 0 aromatic heterocycles. The molecule has 1 amide bonds. The zero-order chi connectivity index (χ0) is 14.2. The third kappa shape index (κ3) is 4.83. The molecule has 20 heavy (non-hydrogen) atoms. The van der Waals surface area contributed by atoms with E-state index in [0.717, 1.165) is 30.9 Å². The maximum absolute atomic E-state index is 11.9. The van der Waals surface area contributed by atoms with Crippen LogP contribution in [0.5, 0.6) is 5.75 Å². The third-order valence-electron chi connectivity index (χ3n) is 3.31. The number of carbonyl (C=O) groups is 1. The van der Waals surface area contributed by atoms with Crippen LogP contribution in [0.2, 0.25) is 0 Å². The van der Waals surface area contributed by atoms with Crippen LogP contribution in [0.15, 0.2) is 24.3 Å². The molecular formula is C15H22N2O3. The van der Waals surface area contributed by atoms with Crippen molar-refractivity contribution in [3.8, 4) is 5.75 Å². The van der Waals surface area contributed by atoms with Crippen LogP contribution in [0.25, 0.3) is 0 Å². The molecule has 0 bridgehead atoms. The van der Waals surface area contributed by atoms with E-state index in [9.17, 15) is 4.79 Å². The molecule has 1 heterocycles. The van der Waals surface area contributed by atoms with Gasteiger partial charge < -0.3 is 20.1 Å². The highest BCUT2D eigenvalue weighted by Gasteiger charge is 2.17. The molecule has 1 unspecified atom stereocenters. The smallest absolute Gasteiger partial charge is 0.224 e. The van der Waals surface area contributed by atoms with Crippen LogP contribution in [-0.4, -0.2) is 39.3 Å². The molecule has 5 nitrogen and oxygen atoms in total. The van der Waals surface area contributed by atoms with Crippen molar-refractivity contribution < 1.29 is 14.3 Å². The lowest BCUT2D eigenvalue weighted by molar-refractivity contribution is -0.116. The summed E-state index contributed by atoms with van der Waals surface area (Å²) in [5.41, 5.74) is 0.774. The van der Waals surface area contributed by atoms with Gasteiger partial charge in [0.1, 0.15) is 12.4 Å². The summed E-state index contributed by atoms with van der Waals surface area (Å²) in [5.74, 6) is 1.26. The fourth-order valence-corrected chi connectivity index (χ4v) is 2.27. The molecule has 2 rings (SSSR count). The van der Waals surface area contributed by atoms with Gasteiger partial charge in [-0.3, -0.25) is 4.79 Å². The summed E-state index contributed by atoms with van der Waals surface area (Å²) in [5, 5.41) is 6.19. The Morgan fingerprint density at radius 3 is 3.10 bits per heavy atom. The summed E-state index contributed by atoms with van der Waals surface area (Å²) in [6.07, 6.45) is 1.65. The number of ether oxygens (including phenoxy) is 2. The van der Waals surface area contributed by atoms with Gasteiger partial charge in [-0.05, 0) is 37.6 Å². The molecular weight excluding hydrogens is 256 g/mol. The summed E-state index contributed by atoms with van der Waals surface area (Å²) in [4.78, 5) is 11.9. The normalized spacial score (nSPS) is 17.9. The van der Waals surface area contributed by atoms with Crippen LogP contribution in [0.3, 0.4) is 0 Å². The predicted octanol–water partition coefficient (Wildman–Crippen LogP) is 1.65. The van der Waals surface area contributed by atoms with Gasteiger partial charge in [-0.25, -0.2) is 0 Å². The van der Waals surface area contributed by atoms with Gasteiger partial charge >= 0.3 is 0 Å². The fourth-order valence-electron chi connectivity index (χ4n) is 2.27. The standard InChI is InChI=1S/C15H22N2O3/c1-19-7-8-20-14-4-2-3-13(10-14)17-15(18)9-12-5-6-16-11-12/h2-4,10,12,16H,5-9,11H2,1H3,(H,17,18). The van der Waals surface area contributed by atoms with Crippen LogP contribution in [0.4, 0.5) is 5.69 Å². The molecule has 1 aromatic rings. The van der Waals surface area contributed by atoms with E-state index in [1.54, 1.807) is 7.11 Å². The second-order valence-corrected chi connectivity index (χ2v) is 4.98. The van der Waals surface area contributed by atoms with Crippen molar-refractivity contribution in [1.29, 1.82) is 0 Å². The predicted molar refractivity (Wildman–Crippen MR) is 78.0 cm³/mol. The van der Waals surface area contributed by atoms with Crippen molar-refractivity contribution in [3.05, 3.63) is 24.3 Å². The Balaban J connectivity index is 1.81. The number of carbonyl (C=O) groups excluding carboxylic acids is 1. The molecule has 5 heteroatoms. The van der Waals surface area contributed by atoms with E-state index in [1.807, 2.05) is 24.3 Å². The lowest BCUT2D eigenvalue weighted by Crippen LogP contribution is -2.18. The Kier molecular flexibility index (Phi) is 5.83. The van der Waals surface area contributed by atoms with Gasteiger partial charge in [-0.2, -0.15) is 0 Å². The maximum Gasteiger partial charge on any atom is 0.224 e. The molecule has 1 aliphatic rings. The number of rotatable bonds is 7. The number of hydrogen-bond donors (Lipinski definition) is 2. The third-order valence-corrected chi connectivity index (χ3v) is 3.31. The van der Waals surface area contributed by atoms with Gasteiger partial charge in [0.05, 0.1) is 6.61 Å². The SMILES string of the molecule is COCCOc1cccc(NC(=O)CC2CCNC2)c1. The number of hydrogen-bond acceptors (Lipinski definition) is 4. The minimum Gasteiger partial charge on any atom is -0.491 e. The molecule has 1 aliphatic heterocycles. The number of benzene rings is 1.